The van der Waals surface area contributed by atoms with Gasteiger partial charge in [-0.3, -0.25) is 14.8 Å². The van der Waals surface area contributed by atoms with Crippen LogP contribution in [0.1, 0.15) is 24.2 Å². The molecule has 0 saturated carbocycles. The molecule has 0 radical (unpaired) electrons. The molecular formula is C16H19Cl2N5O2. The Balaban J connectivity index is 2.10. The molecule has 134 valence electrons. The highest BCUT2D eigenvalue weighted by atomic mass is 35.5. The smallest absolute Gasteiger partial charge is 0.326 e. The number of amides is 3. The standard InChI is InChI=1S/C16H19Cl2N5O2/c1-4-23(5-2)12-7-10(17)6-11(8-12)20-16(25)21-15(24)13-9-19-22(3)14(13)18/h6-9H,4-5H2,1-3H3,(H2,20,21,24,25). The Morgan fingerprint density at radius 1 is 1.20 bits per heavy atom. The van der Waals surface area contributed by atoms with Gasteiger partial charge in [0.1, 0.15) is 5.15 Å². The van der Waals surface area contributed by atoms with E-state index < -0.39 is 11.9 Å². The maximum Gasteiger partial charge on any atom is 0.326 e. The van der Waals surface area contributed by atoms with Gasteiger partial charge in [0.25, 0.3) is 5.91 Å². The number of hydrogen-bond acceptors (Lipinski definition) is 4. The van der Waals surface area contributed by atoms with Gasteiger partial charge in [-0.05, 0) is 32.0 Å². The van der Waals surface area contributed by atoms with E-state index in [1.807, 2.05) is 19.9 Å². The van der Waals surface area contributed by atoms with Crippen LogP contribution in [0, 0.1) is 0 Å². The van der Waals surface area contributed by atoms with Crippen molar-refractivity contribution in [1.82, 2.24) is 15.1 Å². The average Bonchev–Trinajstić information content (AvgIpc) is 2.87. The number of carbonyl (C=O) groups excluding carboxylic acids is 2. The van der Waals surface area contributed by atoms with Crippen LogP contribution < -0.4 is 15.5 Å². The summed E-state index contributed by atoms with van der Waals surface area (Å²) in [6.45, 7) is 5.67. The number of halogens is 2. The fourth-order valence-electron chi connectivity index (χ4n) is 2.33. The topological polar surface area (TPSA) is 79.3 Å². The number of hydrogen-bond donors (Lipinski definition) is 2. The van der Waals surface area contributed by atoms with Gasteiger partial charge in [-0.25, -0.2) is 4.79 Å². The summed E-state index contributed by atoms with van der Waals surface area (Å²) >= 11 is 12.1. The summed E-state index contributed by atoms with van der Waals surface area (Å²) in [6, 6.07) is 4.53. The predicted molar refractivity (Wildman–Crippen MR) is 99.7 cm³/mol. The van der Waals surface area contributed by atoms with Crippen LogP contribution in [0.4, 0.5) is 16.2 Å². The second-order valence-corrected chi connectivity index (χ2v) is 6.05. The number of carbonyl (C=O) groups is 2. The van der Waals surface area contributed by atoms with Gasteiger partial charge in [0.15, 0.2) is 0 Å². The number of imide groups is 1. The highest BCUT2D eigenvalue weighted by Crippen LogP contribution is 2.25. The minimum atomic E-state index is -0.683. The number of benzene rings is 1. The monoisotopic (exact) mass is 383 g/mol. The number of aryl methyl sites for hydroxylation is 1. The average molecular weight is 384 g/mol. The van der Waals surface area contributed by atoms with Crippen molar-refractivity contribution in [3.8, 4) is 0 Å². The highest BCUT2D eigenvalue weighted by molar-refractivity contribution is 6.33. The molecule has 1 aromatic carbocycles. The SMILES string of the molecule is CCN(CC)c1cc(Cl)cc(NC(=O)NC(=O)c2cnn(C)c2Cl)c1. The van der Waals surface area contributed by atoms with Gasteiger partial charge < -0.3 is 10.2 Å². The summed E-state index contributed by atoms with van der Waals surface area (Å²) in [5.41, 5.74) is 1.49. The third-order valence-electron chi connectivity index (χ3n) is 3.61. The van der Waals surface area contributed by atoms with Crippen molar-refractivity contribution >= 4 is 46.5 Å². The Bertz CT molecular complexity index is 787. The maximum atomic E-state index is 12.1. The number of aromatic nitrogens is 2. The first-order valence-corrected chi connectivity index (χ1v) is 8.46. The Labute approximate surface area is 155 Å². The number of rotatable bonds is 5. The molecule has 25 heavy (non-hydrogen) atoms. The van der Waals surface area contributed by atoms with E-state index >= 15 is 0 Å². The van der Waals surface area contributed by atoms with Crippen LogP contribution >= 0.6 is 23.2 Å². The fraction of sp³-hybridized carbons (Fsp3) is 0.312. The first-order chi connectivity index (χ1) is 11.8. The molecule has 1 heterocycles. The number of nitrogens with zero attached hydrogens (tertiary/aromatic N) is 3. The highest BCUT2D eigenvalue weighted by Gasteiger charge is 2.17. The van der Waals surface area contributed by atoms with Crippen molar-refractivity contribution in [2.75, 3.05) is 23.3 Å². The zero-order valence-corrected chi connectivity index (χ0v) is 15.6. The van der Waals surface area contributed by atoms with Crippen molar-refractivity contribution in [2.45, 2.75) is 13.8 Å². The maximum absolute atomic E-state index is 12.1. The molecule has 0 atom stereocenters. The lowest BCUT2D eigenvalue weighted by Crippen LogP contribution is -2.34. The first-order valence-electron chi connectivity index (χ1n) is 7.71. The minimum Gasteiger partial charge on any atom is -0.372 e. The van der Waals surface area contributed by atoms with Crippen LogP contribution in [-0.4, -0.2) is 34.8 Å². The van der Waals surface area contributed by atoms with Gasteiger partial charge in [-0.1, -0.05) is 23.2 Å². The summed E-state index contributed by atoms with van der Waals surface area (Å²) < 4.78 is 1.34. The van der Waals surface area contributed by atoms with Crippen molar-refractivity contribution in [2.24, 2.45) is 7.05 Å². The quantitative estimate of drug-likeness (QED) is 0.827. The Morgan fingerprint density at radius 2 is 1.88 bits per heavy atom. The number of urea groups is 1. The third kappa shape index (κ3) is 4.64. The molecule has 0 fully saturated rings. The molecule has 1 aromatic heterocycles. The van der Waals surface area contributed by atoms with Gasteiger partial charge in [0, 0.05) is 36.5 Å². The Kier molecular flexibility index (Phi) is 6.27. The molecule has 0 aliphatic heterocycles. The van der Waals surface area contributed by atoms with Crippen molar-refractivity contribution in [1.29, 1.82) is 0 Å². The van der Waals surface area contributed by atoms with E-state index in [2.05, 4.69) is 20.6 Å². The van der Waals surface area contributed by atoms with Crippen LogP contribution in [0.3, 0.4) is 0 Å². The van der Waals surface area contributed by atoms with Crippen molar-refractivity contribution in [3.63, 3.8) is 0 Å². The van der Waals surface area contributed by atoms with Gasteiger partial charge in [0.2, 0.25) is 0 Å². The molecule has 2 N–H and O–H groups in total. The van der Waals surface area contributed by atoms with E-state index in [4.69, 9.17) is 23.2 Å². The molecule has 0 saturated heterocycles. The summed E-state index contributed by atoms with van der Waals surface area (Å²) in [4.78, 5) is 26.2. The van der Waals surface area contributed by atoms with E-state index in [1.54, 1.807) is 19.2 Å². The van der Waals surface area contributed by atoms with Gasteiger partial charge in [-0.15, -0.1) is 0 Å². The Morgan fingerprint density at radius 3 is 2.44 bits per heavy atom. The molecule has 0 spiro atoms. The molecule has 2 rings (SSSR count). The second-order valence-electron chi connectivity index (χ2n) is 5.25. The lowest BCUT2D eigenvalue weighted by atomic mass is 10.2. The van der Waals surface area contributed by atoms with E-state index in [0.717, 1.165) is 18.8 Å². The number of anilines is 2. The zero-order chi connectivity index (χ0) is 18.6. The van der Waals surface area contributed by atoms with Crippen LogP contribution in [0.2, 0.25) is 10.2 Å². The van der Waals surface area contributed by atoms with Crippen LogP contribution in [0.15, 0.2) is 24.4 Å². The molecule has 2 aromatic rings. The summed E-state index contributed by atoms with van der Waals surface area (Å²) in [7, 11) is 1.60. The van der Waals surface area contributed by atoms with Crippen molar-refractivity contribution < 1.29 is 9.59 Å². The minimum absolute atomic E-state index is 0.120. The van der Waals surface area contributed by atoms with E-state index in [0.29, 0.717) is 10.7 Å². The molecule has 0 unspecified atom stereocenters. The van der Waals surface area contributed by atoms with Gasteiger partial charge in [-0.2, -0.15) is 5.10 Å². The zero-order valence-electron chi connectivity index (χ0n) is 14.1. The van der Waals surface area contributed by atoms with Crippen LogP contribution in [0.25, 0.3) is 0 Å². The lowest BCUT2D eigenvalue weighted by Gasteiger charge is -2.22. The summed E-state index contributed by atoms with van der Waals surface area (Å²) in [6.07, 6.45) is 1.29. The van der Waals surface area contributed by atoms with Gasteiger partial charge in [0.05, 0.1) is 11.8 Å². The van der Waals surface area contributed by atoms with Gasteiger partial charge >= 0.3 is 6.03 Å². The predicted octanol–water partition coefficient (Wildman–Crippen LogP) is 3.54. The molecule has 7 nitrogen and oxygen atoms in total. The second kappa shape index (κ2) is 8.22. The molecule has 0 aliphatic rings. The Hall–Kier alpha value is -2.25. The molecule has 9 heteroatoms. The third-order valence-corrected chi connectivity index (χ3v) is 4.27. The van der Waals surface area contributed by atoms with E-state index in [9.17, 15) is 9.59 Å². The molecular weight excluding hydrogens is 365 g/mol. The summed E-state index contributed by atoms with van der Waals surface area (Å²) in [5, 5.41) is 9.31. The first kappa shape index (κ1) is 19.1. The van der Waals surface area contributed by atoms with E-state index in [1.165, 1.54) is 10.9 Å². The van der Waals surface area contributed by atoms with Crippen LogP contribution in [-0.2, 0) is 7.05 Å². The molecule has 0 bridgehead atoms. The normalized spacial score (nSPS) is 10.4. The molecule has 0 aliphatic carbocycles. The van der Waals surface area contributed by atoms with E-state index in [-0.39, 0.29) is 10.7 Å². The fourth-order valence-corrected chi connectivity index (χ4v) is 2.73. The van der Waals surface area contributed by atoms with Crippen molar-refractivity contribution in [3.05, 3.63) is 40.1 Å². The molecule has 3 amide bonds. The lowest BCUT2D eigenvalue weighted by molar-refractivity contribution is 0.0967. The number of nitrogens with one attached hydrogen (secondary N) is 2. The van der Waals surface area contributed by atoms with Crippen LogP contribution in [0.5, 0.6) is 0 Å². The largest absolute Gasteiger partial charge is 0.372 e. The summed E-state index contributed by atoms with van der Waals surface area (Å²) in [5.74, 6) is -0.637.